The minimum Gasteiger partial charge on any atom is -0.326 e. The number of nitrogens with zero attached hydrogens (tertiary/aromatic N) is 2. The Morgan fingerprint density at radius 1 is 1.25 bits per heavy atom. The number of aryl methyl sites for hydroxylation is 2. The first-order chi connectivity index (χ1) is 9.47. The van der Waals surface area contributed by atoms with Crippen LogP contribution >= 0.6 is 11.3 Å². The van der Waals surface area contributed by atoms with Crippen LogP contribution in [0.5, 0.6) is 0 Å². The number of hydrogen-bond acceptors (Lipinski definition) is 4. The van der Waals surface area contributed by atoms with Gasteiger partial charge in [-0.3, -0.25) is 4.90 Å². The van der Waals surface area contributed by atoms with E-state index in [-0.39, 0.29) is 12.1 Å². The van der Waals surface area contributed by atoms with Crippen molar-refractivity contribution in [2.75, 3.05) is 7.05 Å². The van der Waals surface area contributed by atoms with Crippen molar-refractivity contribution in [2.24, 2.45) is 5.73 Å². The zero-order valence-corrected chi connectivity index (χ0v) is 13.4. The first kappa shape index (κ1) is 15.2. The Labute approximate surface area is 125 Å². The summed E-state index contributed by atoms with van der Waals surface area (Å²) in [7, 11) is 2.11. The Kier molecular flexibility index (Phi) is 4.91. The van der Waals surface area contributed by atoms with Crippen molar-refractivity contribution in [1.82, 2.24) is 9.88 Å². The zero-order chi connectivity index (χ0) is 14.7. The van der Waals surface area contributed by atoms with Gasteiger partial charge in [0, 0.05) is 24.0 Å². The summed E-state index contributed by atoms with van der Waals surface area (Å²) in [5.41, 5.74) is 9.86. The number of thiazole rings is 1. The minimum atomic E-state index is 0.0717. The third kappa shape index (κ3) is 3.66. The highest BCUT2D eigenvalue weighted by atomic mass is 32.1. The molecule has 1 heterocycles. The lowest BCUT2D eigenvalue weighted by molar-refractivity contribution is 0.209. The lowest BCUT2D eigenvalue weighted by Crippen LogP contribution is -2.37. The highest BCUT2D eigenvalue weighted by Crippen LogP contribution is 2.24. The Balaban J connectivity index is 2.17. The van der Waals surface area contributed by atoms with Crippen LogP contribution in [0.3, 0.4) is 0 Å². The van der Waals surface area contributed by atoms with E-state index in [1.54, 1.807) is 11.3 Å². The van der Waals surface area contributed by atoms with Gasteiger partial charge in [-0.15, -0.1) is 11.3 Å². The summed E-state index contributed by atoms with van der Waals surface area (Å²) >= 11 is 1.70. The van der Waals surface area contributed by atoms with Gasteiger partial charge in [-0.2, -0.15) is 0 Å². The summed E-state index contributed by atoms with van der Waals surface area (Å²) in [5.74, 6) is 0. The van der Waals surface area contributed by atoms with Crippen LogP contribution in [0.25, 0.3) is 0 Å². The lowest BCUT2D eigenvalue weighted by atomic mass is 9.98. The third-order valence-corrected chi connectivity index (χ3v) is 4.29. The largest absolute Gasteiger partial charge is 0.326 e. The molecular formula is C16H23N3S. The highest BCUT2D eigenvalue weighted by Gasteiger charge is 2.21. The van der Waals surface area contributed by atoms with Crippen LogP contribution in [0, 0.1) is 13.8 Å². The molecule has 1 aromatic heterocycles. The molecule has 0 aliphatic carbocycles. The van der Waals surface area contributed by atoms with Crippen LogP contribution in [0.1, 0.15) is 34.8 Å². The van der Waals surface area contributed by atoms with Crippen LogP contribution in [0.2, 0.25) is 0 Å². The average Bonchev–Trinajstić information content (AvgIpc) is 2.77. The maximum absolute atomic E-state index is 6.21. The van der Waals surface area contributed by atoms with Gasteiger partial charge in [0.2, 0.25) is 0 Å². The topological polar surface area (TPSA) is 42.1 Å². The van der Waals surface area contributed by atoms with E-state index in [2.05, 4.69) is 60.4 Å². The maximum Gasteiger partial charge on any atom is 0.0897 e. The summed E-state index contributed by atoms with van der Waals surface area (Å²) in [5, 5.41) is 3.24. The molecule has 0 radical (unpaired) electrons. The van der Waals surface area contributed by atoms with Crippen molar-refractivity contribution in [3.05, 3.63) is 51.5 Å². The molecular weight excluding hydrogens is 266 g/mol. The van der Waals surface area contributed by atoms with Gasteiger partial charge in [-0.05, 0) is 33.4 Å². The molecule has 0 saturated carbocycles. The number of nitrogens with two attached hydrogens (primary N) is 1. The molecule has 20 heavy (non-hydrogen) atoms. The fourth-order valence-electron chi connectivity index (χ4n) is 2.56. The van der Waals surface area contributed by atoms with Crippen molar-refractivity contribution in [3.8, 4) is 0 Å². The Morgan fingerprint density at radius 2 is 1.90 bits per heavy atom. The summed E-state index contributed by atoms with van der Waals surface area (Å²) in [4.78, 5) is 6.82. The van der Waals surface area contributed by atoms with E-state index in [1.165, 1.54) is 11.1 Å². The van der Waals surface area contributed by atoms with E-state index in [0.717, 1.165) is 17.2 Å². The molecule has 0 aliphatic heterocycles. The minimum absolute atomic E-state index is 0.0717. The van der Waals surface area contributed by atoms with Crippen LogP contribution in [0.15, 0.2) is 29.6 Å². The van der Waals surface area contributed by atoms with E-state index in [1.807, 2.05) is 6.92 Å². The predicted molar refractivity (Wildman–Crippen MR) is 85.9 cm³/mol. The predicted octanol–water partition coefficient (Wildman–Crippen LogP) is 3.28. The third-order valence-electron chi connectivity index (χ3n) is 3.47. The molecule has 2 N–H and O–H groups in total. The molecule has 0 spiro atoms. The van der Waals surface area contributed by atoms with Crippen LogP contribution < -0.4 is 5.73 Å². The van der Waals surface area contributed by atoms with E-state index in [0.29, 0.717) is 0 Å². The summed E-state index contributed by atoms with van der Waals surface area (Å²) < 4.78 is 0. The first-order valence-electron chi connectivity index (χ1n) is 6.90. The number of hydrogen-bond donors (Lipinski definition) is 1. The van der Waals surface area contributed by atoms with Gasteiger partial charge in [-0.1, -0.05) is 29.8 Å². The molecule has 0 aliphatic rings. The second-order valence-corrected chi connectivity index (χ2v) is 6.55. The van der Waals surface area contributed by atoms with Gasteiger partial charge in [0.1, 0.15) is 0 Å². The average molecular weight is 289 g/mol. The van der Waals surface area contributed by atoms with E-state index in [9.17, 15) is 0 Å². The summed E-state index contributed by atoms with van der Waals surface area (Å²) in [6.45, 7) is 7.03. The smallest absolute Gasteiger partial charge is 0.0897 e. The van der Waals surface area contributed by atoms with E-state index >= 15 is 0 Å². The molecule has 2 rings (SSSR count). The molecule has 0 bridgehead atoms. The van der Waals surface area contributed by atoms with Gasteiger partial charge in [0.15, 0.2) is 0 Å². The normalized spacial score (nSPS) is 14.5. The van der Waals surface area contributed by atoms with E-state index < -0.39 is 0 Å². The monoisotopic (exact) mass is 289 g/mol. The first-order valence-corrected chi connectivity index (χ1v) is 7.78. The fraction of sp³-hybridized carbons (Fsp3) is 0.438. The molecule has 0 amide bonds. The van der Waals surface area contributed by atoms with Gasteiger partial charge < -0.3 is 5.73 Å². The molecule has 1 aromatic carbocycles. The number of likely N-dealkylation sites (N-methyl/N-ethyl adjacent to an activating group) is 1. The molecule has 0 fully saturated rings. The number of benzene rings is 1. The van der Waals surface area contributed by atoms with Gasteiger partial charge in [-0.25, -0.2) is 4.98 Å². The molecule has 108 valence electrons. The fourth-order valence-corrected chi connectivity index (χ4v) is 3.16. The molecule has 2 atom stereocenters. The van der Waals surface area contributed by atoms with Gasteiger partial charge >= 0.3 is 0 Å². The van der Waals surface area contributed by atoms with Crippen LogP contribution in [-0.4, -0.2) is 23.0 Å². The molecule has 4 heteroatoms. The second-order valence-electron chi connectivity index (χ2n) is 5.49. The van der Waals surface area contributed by atoms with Crippen molar-refractivity contribution < 1.29 is 0 Å². The maximum atomic E-state index is 6.21. The van der Waals surface area contributed by atoms with Gasteiger partial charge in [0.25, 0.3) is 0 Å². The van der Waals surface area contributed by atoms with Crippen LogP contribution in [-0.2, 0) is 6.54 Å². The molecule has 0 saturated heterocycles. The van der Waals surface area contributed by atoms with Crippen molar-refractivity contribution >= 4 is 11.3 Å². The quantitative estimate of drug-likeness (QED) is 0.918. The Morgan fingerprint density at radius 3 is 2.40 bits per heavy atom. The van der Waals surface area contributed by atoms with Crippen molar-refractivity contribution in [1.29, 1.82) is 0 Å². The lowest BCUT2D eigenvalue weighted by Gasteiger charge is -2.31. The highest BCUT2D eigenvalue weighted by molar-refractivity contribution is 7.09. The molecule has 3 nitrogen and oxygen atoms in total. The second kappa shape index (κ2) is 6.48. The Hall–Kier alpha value is -1.23. The molecule has 2 unspecified atom stereocenters. The van der Waals surface area contributed by atoms with Crippen molar-refractivity contribution in [3.63, 3.8) is 0 Å². The number of aromatic nitrogens is 1. The van der Waals surface area contributed by atoms with E-state index in [4.69, 9.17) is 5.73 Å². The Bertz CT molecular complexity index is 545. The summed E-state index contributed by atoms with van der Waals surface area (Å²) in [6, 6.07) is 8.91. The SMILES string of the molecule is Cc1ccc(C(C(C)N)N(C)Cc2csc(C)n2)cc1. The number of rotatable bonds is 5. The zero-order valence-electron chi connectivity index (χ0n) is 12.6. The van der Waals surface area contributed by atoms with Crippen molar-refractivity contribution in [2.45, 2.75) is 39.4 Å². The standard InChI is InChI=1S/C16H23N3S/c1-11-5-7-14(8-6-11)16(12(2)17)19(4)9-15-10-20-13(3)18-15/h5-8,10,12,16H,9,17H2,1-4H3. The summed E-state index contributed by atoms with van der Waals surface area (Å²) in [6.07, 6.45) is 0. The van der Waals surface area contributed by atoms with Gasteiger partial charge in [0.05, 0.1) is 10.7 Å². The van der Waals surface area contributed by atoms with Crippen LogP contribution in [0.4, 0.5) is 0 Å². The molecule has 2 aromatic rings.